The van der Waals surface area contributed by atoms with Gasteiger partial charge in [0.1, 0.15) is 5.75 Å². The Morgan fingerprint density at radius 2 is 2.03 bits per heavy atom. The number of carbonyl (C=O) groups excluding carboxylic acids is 2. The van der Waals surface area contributed by atoms with E-state index in [0.717, 1.165) is 38.8 Å². The van der Waals surface area contributed by atoms with Crippen LogP contribution in [0.15, 0.2) is 42.5 Å². The summed E-state index contributed by atoms with van der Waals surface area (Å²) >= 11 is 0. The first-order valence-corrected chi connectivity index (χ1v) is 10.7. The zero-order chi connectivity index (χ0) is 21.7. The van der Waals surface area contributed by atoms with Gasteiger partial charge in [-0.3, -0.25) is 14.5 Å². The number of rotatable bonds is 9. The predicted molar refractivity (Wildman–Crippen MR) is 119 cm³/mol. The molecule has 7 nitrogen and oxygen atoms in total. The number of hydrogen-bond donors (Lipinski definition) is 2. The topological polar surface area (TPSA) is 79.9 Å². The van der Waals surface area contributed by atoms with Gasteiger partial charge in [0.25, 0.3) is 5.91 Å². The first-order valence-electron chi connectivity index (χ1n) is 10.7. The fourth-order valence-corrected chi connectivity index (χ4v) is 3.98. The molecule has 0 unspecified atom stereocenters. The van der Waals surface area contributed by atoms with Gasteiger partial charge in [-0.15, -0.1) is 0 Å². The fourth-order valence-electron chi connectivity index (χ4n) is 3.98. The molecular formula is C24H29N3O4. The minimum Gasteiger partial charge on any atom is -0.473 e. The van der Waals surface area contributed by atoms with E-state index >= 15 is 0 Å². The first kappa shape index (κ1) is 21.3. The van der Waals surface area contributed by atoms with Crippen molar-refractivity contribution in [3.63, 3.8) is 0 Å². The smallest absolute Gasteiger partial charge is 0.251 e. The van der Waals surface area contributed by atoms with E-state index in [1.165, 1.54) is 11.1 Å². The van der Waals surface area contributed by atoms with Crippen LogP contribution in [0.5, 0.6) is 5.75 Å². The number of nitrogens with one attached hydrogen (secondary N) is 2. The zero-order valence-electron chi connectivity index (χ0n) is 17.9. The molecule has 31 heavy (non-hydrogen) atoms. The highest BCUT2D eigenvalue weighted by molar-refractivity contribution is 5.95. The lowest BCUT2D eigenvalue weighted by Crippen LogP contribution is -2.55. The van der Waals surface area contributed by atoms with Crippen LogP contribution in [0.4, 0.5) is 5.69 Å². The van der Waals surface area contributed by atoms with Gasteiger partial charge in [0.05, 0.1) is 18.9 Å². The molecule has 0 radical (unpaired) electrons. The molecule has 0 atom stereocenters. The van der Waals surface area contributed by atoms with Gasteiger partial charge in [0, 0.05) is 38.8 Å². The third-order valence-corrected chi connectivity index (χ3v) is 5.88. The fraction of sp³-hybridized carbons (Fsp3) is 0.417. The van der Waals surface area contributed by atoms with Gasteiger partial charge in [0.2, 0.25) is 5.60 Å². The molecule has 1 saturated heterocycles. The summed E-state index contributed by atoms with van der Waals surface area (Å²) in [6.45, 7) is 4.10. The van der Waals surface area contributed by atoms with Crippen LogP contribution in [-0.2, 0) is 22.5 Å². The zero-order valence-corrected chi connectivity index (χ0v) is 17.9. The highest BCUT2D eigenvalue weighted by Gasteiger charge is 2.41. The molecule has 2 heterocycles. The van der Waals surface area contributed by atoms with E-state index in [9.17, 15) is 9.59 Å². The first-order chi connectivity index (χ1) is 15.1. The largest absolute Gasteiger partial charge is 0.473 e. The van der Waals surface area contributed by atoms with Crippen molar-refractivity contribution in [1.82, 2.24) is 10.2 Å². The molecule has 1 amide bonds. The molecule has 2 aromatic rings. The van der Waals surface area contributed by atoms with E-state index in [2.05, 4.69) is 39.8 Å². The molecule has 0 saturated carbocycles. The molecular weight excluding hydrogens is 394 g/mol. The van der Waals surface area contributed by atoms with E-state index in [4.69, 9.17) is 9.47 Å². The number of hydrogen-bond acceptors (Lipinski definition) is 6. The number of fused-ring (bicyclic) bond motifs is 1. The normalized spacial score (nSPS) is 17.2. The summed E-state index contributed by atoms with van der Waals surface area (Å²) in [6.07, 6.45) is 2.76. The Morgan fingerprint density at radius 1 is 1.23 bits per heavy atom. The molecule has 0 aliphatic carbocycles. The van der Waals surface area contributed by atoms with Crippen molar-refractivity contribution in [2.45, 2.75) is 25.0 Å². The van der Waals surface area contributed by atoms with E-state index in [0.29, 0.717) is 23.5 Å². The SMILES string of the molecule is CNc1cc(C(=O)NCCCN2CCc3ccccc3C2)ccc1OC1(C=O)COC1. The van der Waals surface area contributed by atoms with E-state index in [1.807, 2.05) is 0 Å². The van der Waals surface area contributed by atoms with Gasteiger partial charge in [-0.1, -0.05) is 24.3 Å². The Balaban J connectivity index is 1.26. The van der Waals surface area contributed by atoms with Crippen LogP contribution in [0.1, 0.15) is 27.9 Å². The highest BCUT2D eigenvalue weighted by Crippen LogP contribution is 2.31. The average Bonchev–Trinajstić information content (AvgIpc) is 2.79. The summed E-state index contributed by atoms with van der Waals surface area (Å²) in [4.78, 5) is 26.3. The molecule has 1 fully saturated rings. The van der Waals surface area contributed by atoms with E-state index in [1.54, 1.807) is 25.2 Å². The molecule has 7 heteroatoms. The number of nitrogens with zero attached hydrogens (tertiary/aromatic N) is 1. The minimum atomic E-state index is -0.926. The molecule has 164 valence electrons. The molecule has 0 aromatic heterocycles. The number of amides is 1. The third-order valence-electron chi connectivity index (χ3n) is 5.88. The second-order valence-electron chi connectivity index (χ2n) is 8.14. The maximum Gasteiger partial charge on any atom is 0.251 e. The Bertz CT molecular complexity index is 942. The van der Waals surface area contributed by atoms with Crippen LogP contribution in [0.25, 0.3) is 0 Å². The average molecular weight is 424 g/mol. The van der Waals surface area contributed by atoms with Gasteiger partial charge in [0.15, 0.2) is 6.29 Å². The lowest BCUT2D eigenvalue weighted by molar-refractivity contribution is -0.167. The van der Waals surface area contributed by atoms with Crippen molar-refractivity contribution < 1.29 is 19.1 Å². The van der Waals surface area contributed by atoms with Crippen molar-refractivity contribution in [3.05, 3.63) is 59.2 Å². The Morgan fingerprint density at radius 3 is 2.74 bits per heavy atom. The van der Waals surface area contributed by atoms with E-state index in [-0.39, 0.29) is 19.1 Å². The summed E-state index contributed by atoms with van der Waals surface area (Å²) in [5.74, 6) is 0.406. The summed E-state index contributed by atoms with van der Waals surface area (Å²) in [5.41, 5.74) is 3.14. The summed E-state index contributed by atoms with van der Waals surface area (Å²) in [5, 5.41) is 6.04. The van der Waals surface area contributed by atoms with Crippen LogP contribution >= 0.6 is 0 Å². The molecule has 2 aliphatic rings. The number of ether oxygens (including phenoxy) is 2. The third kappa shape index (κ3) is 4.89. The van der Waals surface area contributed by atoms with Crippen LogP contribution in [0.3, 0.4) is 0 Å². The monoisotopic (exact) mass is 423 g/mol. The maximum absolute atomic E-state index is 12.6. The molecule has 2 N–H and O–H groups in total. The molecule has 0 bridgehead atoms. The van der Waals surface area contributed by atoms with Crippen molar-refractivity contribution >= 4 is 17.9 Å². The van der Waals surface area contributed by atoms with Crippen molar-refractivity contribution in [3.8, 4) is 5.75 Å². The number of benzene rings is 2. The van der Waals surface area contributed by atoms with E-state index < -0.39 is 5.60 Å². The Labute approximate surface area is 182 Å². The predicted octanol–water partition coefficient (Wildman–Crippen LogP) is 2.25. The molecule has 4 rings (SSSR count). The van der Waals surface area contributed by atoms with Crippen LogP contribution in [-0.4, -0.2) is 62.6 Å². The summed E-state index contributed by atoms with van der Waals surface area (Å²) < 4.78 is 11.0. The highest BCUT2D eigenvalue weighted by atomic mass is 16.6. The summed E-state index contributed by atoms with van der Waals surface area (Å²) in [6, 6.07) is 13.8. The summed E-state index contributed by atoms with van der Waals surface area (Å²) in [7, 11) is 1.76. The van der Waals surface area contributed by atoms with Crippen LogP contribution in [0.2, 0.25) is 0 Å². The number of carbonyl (C=O) groups is 2. The van der Waals surface area contributed by atoms with Gasteiger partial charge in [-0.05, 0) is 42.2 Å². The Kier molecular flexibility index (Phi) is 6.53. The van der Waals surface area contributed by atoms with Gasteiger partial charge in [-0.2, -0.15) is 0 Å². The molecule has 2 aromatic carbocycles. The van der Waals surface area contributed by atoms with Crippen molar-refractivity contribution in [1.29, 1.82) is 0 Å². The standard InChI is InChI=1S/C24H29N3O4/c1-25-21-13-19(7-8-22(21)31-24(15-28)16-30-17-24)23(29)26-10-4-11-27-12-9-18-5-2-3-6-20(18)14-27/h2-3,5-8,13,15,25H,4,9-12,14,16-17H2,1H3,(H,26,29). The second-order valence-corrected chi connectivity index (χ2v) is 8.14. The lowest BCUT2D eigenvalue weighted by Gasteiger charge is -2.36. The molecule has 0 spiro atoms. The minimum absolute atomic E-state index is 0.121. The Hall–Kier alpha value is -2.90. The lowest BCUT2D eigenvalue weighted by atomic mass is 10.00. The maximum atomic E-state index is 12.6. The van der Waals surface area contributed by atoms with Gasteiger partial charge in [-0.25, -0.2) is 0 Å². The van der Waals surface area contributed by atoms with Crippen LogP contribution in [0, 0.1) is 0 Å². The van der Waals surface area contributed by atoms with Gasteiger partial charge >= 0.3 is 0 Å². The number of anilines is 1. The van der Waals surface area contributed by atoms with Crippen LogP contribution < -0.4 is 15.4 Å². The number of aldehydes is 1. The molecule has 2 aliphatic heterocycles. The van der Waals surface area contributed by atoms with Crippen molar-refractivity contribution in [2.24, 2.45) is 0 Å². The quantitative estimate of drug-likeness (QED) is 0.476. The second kappa shape index (κ2) is 9.49. The van der Waals surface area contributed by atoms with Crippen molar-refractivity contribution in [2.75, 3.05) is 45.2 Å². The van der Waals surface area contributed by atoms with Gasteiger partial charge < -0.3 is 20.1 Å².